The van der Waals surface area contributed by atoms with Gasteiger partial charge in [0.05, 0.1) is 35.9 Å². The molecule has 6 atom stereocenters. The van der Waals surface area contributed by atoms with Gasteiger partial charge in [-0.15, -0.1) is 0 Å². The molecule has 4 aromatic rings. The molecule has 4 heterocycles. The number of carbonyl (C=O) groups is 2. The summed E-state index contributed by atoms with van der Waals surface area (Å²) in [7, 11) is 0. The lowest BCUT2D eigenvalue weighted by Crippen LogP contribution is -2.41. The van der Waals surface area contributed by atoms with E-state index in [-0.39, 0.29) is 36.4 Å². The molecule has 2 aliphatic rings. The van der Waals surface area contributed by atoms with E-state index in [9.17, 15) is 9.59 Å². The molecule has 6 rings (SSSR count). The molecule has 1 unspecified atom stereocenters. The number of carbonyl (C=O) groups excluding carboxylic acids is 2. The zero-order chi connectivity index (χ0) is 36.1. The van der Waals surface area contributed by atoms with Gasteiger partial charge in [-0.05, 0) is 102 Å². The molecule has 0 bridgehead atoms. The van der Waals surface area contributed by atoms with Crippen molar-refractivity contribution in [1.29, 1.82) is 0 Å². The summed E-state index contributed by atoms with van der Waals surface area (Å²) in [5.41, 5.74) is 4.93. The molecule has 0 radical (unpaired) electrons. The molecule has 0 saturated carbocycles. The summed E-state index contributed by atoms with van der Waals surface area (Å²) in [4.78, 5) is 46.4. The number of aromatic nitrogens is 4. The van der Waals surface area contributed by atoms with E-state index in [1.165, 1.54) is 0 Å². The number of likely N-dealkylation sites (tertiary alicyclic amines) is 2. The zero-order valence-corrected chi connectivity index (χ0v) is 31.1. The fourth-order valence-electron chi connectivity index (χ4n) is 7.13. The van der Waals surface area contributed by atoms with Crippen LogP contribution in [-0.2, 0) is 9.47 Å². The monoisotopic (exact) mass is 680 g/mol. The maximum atomic E-state index is 13.1. The number of imidazole rings is 2. The predicted molar refractivity (Wildman–Crippen MR) is 195 cm³/mol. The number of H-pyrrole nitrogens is 2. The number of aromatic amines is 2. The summed E-state index contributed by atoms with van der Waals surface area (Å²) >= 11 is 0. The molecule has 0 aliphatic carbocycles. The zero-order valence-electron chi connectivity index (χ0n) is 31.1. The van der Waals surface area contributed by atoms with Crippen LogP contribution in [0, 0.1) is 11.8 Å². The van der Waals surface area contributed by atoms with Crippen molar-refractivity contribution in [1.82, 2.24) is 29.7 Å². The van der Waals surface area contributed by atoms with Crippen LogP contribution in [0.4, 0.5) is 9.59 Å². The van der Waals surface area contributed by atoms with Gasteiger partial charge in [0.1, 0.15) is 22.9 Å². The molecule has 2 aromatic carbocycles. The number of rotatable bonds is 5. The fourth-order valence-corrected chi connectivity index (χ4v) is 7.13. The average Bonchev–Trinajstić information content (AvgIpc) is 3.83. The van der Waals surface area contributed by atoms with Crippen LogP contribution in [-0.4, -0.2) is 65.2 Å². The van der Waals surface area contributed by atoms with E-state index < -0.39 is 11.2 Å². The Morgan fingerprint density at radius 2 is 0.920 bits per heavy atom. The summed E-state index contributed by atoms with van der Waals surface area (Å²) in [5.74, 6) is 2.21. The van der Waals surface area contributed by atoms with Crippen LogP contribution in [0.5, 0.6) is 0 Å². The molecule has 10 heteroatoms. The third-order valence-electron chi connectivity index (χ3n) is 10.1. The summed E-state index contributed by atoms with van der Waals surface area (Å²) in [6.45, 7) is 19.8. The molecule has 2 fully saturated rings. The first-order valence-corrected chi connectivity index (χ1v) is 17.8. The highest BCUT2D eigenvalue weighted by Gasteiger charge is 2.44. The highest BCUT2D eigenvalue weighted by atomic mass is 16.6. The van der Waals surface area contributed by atoms with E-state index in [1.807, 2.05) is 63.7 Å². The van der Waals surface area contributed by atoms with Crippen molar-refractivity contribution in [2.24, 2.45) is 11.8 Å². The Morgan fingerprint density at radius 3 is 1.24 bits per heavy atom. The van der Waals surface area contributed by atoms with E-state index in [2.05, 4.69) is 86.2 Å². The van der Waals surface area contributed by atoms with Crippen molar-refractivity contribution < 1.29 is 19.1 Å². The Labute approximate surface area is 296 Å². The van der Waals surface area contributed by atoms with Gasteiger partial charge in [-0.3, -0.25) is 9.80 Å². The second-order valence-corrected chi connectivity index (χ2v) is 16.2. The number of amides is 2. The summed E-state index contributed by atoms with van der Waals surface area (Å²) in [6.07, 6.45) is 4.74. The lowest BCUT2D eigenvalue weighted by molar-refractivity contribution is 0.0130. The number of hydrogen-bond donors (Lipinski definition) is 2. The minimum absolute atomic E-state index is 0.0545. The maximum Gasteiger partial charge on any atom is 0.411 e. The Hall–Kier alpha value is -4.60. The van der Waals surface area contributed by atoms with Crippen molar-refractivity contribution in [3.8, 4) is 33.6 Å². The Balaban J connectivity index is 1.14. The number of nitrogens with zero attached hydrogens (tertiary/aromatic N) is 4. The Morgan fingerprint density at radius 1 is 0.600 bits per heavy atom. The summed E-state index contributed by atoms with van der Waals surface area (Å²) in [6, 6.07) is 16.6. The minimum atomic E-state index is -0.563. The molecule has 2 amide bonds. The lowest BCUT2D eigenvalue weighted by atomic mass is 10.0. The minimum Gasteiger partial charge on any atom is -0.444 e. The van der Waals surface area contributed by atoms with E-state index in [0.29, 0.717) is 11.8 Å². The summed E-state index contributed by atoms with van der Waals surface area (Å²) < 4.78 is 11.5. The number of ether oxygens (including phenoxy) is 2. The maximum absolute atomic E-state index is 13.1. The first kappa shape index (κ1) is 35.2. The molecular formula is C40H52N6O4. The Bertz CT molecular complexity index is 1680. The molecule has 266 valence electrons. The van der Waals surface area contributed by atoms with Crippen LogP contribution in [0.2, 0.25) is 0 Å². The van der Waals surface area contributed by atoms with Crippen molar-refractivity contribution in [2.45, 2.75) is 117 Å². The van der Waals surface area contributed by atoms with Gasteiger partial charge in [-0.1, -0.05) is 62.4 Å². The van der Waals surface area contributed by atoms with Crippen LogP contribution >= 0.6 is 0 Å². The molecule has 2 N–H and O–H groups in total. The molecule has 10 nitrogen and oxygen atoms in total. The number of benzene rings is 2. The Kier molecular flexibility index (Phi) is 9.35. The van der Waals surface area contributed by atoms with Gasteiger partial charge in [0.15, 0.2) is 0 Å². The summed E-state index contributed by atoms with van der Waals surface area (Å²) in [5, 5.41) is 0. The van der Waals surface area contributed by atoms with Gasteiger partial charge in [-0.2, -0.15) is 0 Å². The molecule has 2 aliphatic heterocycles. The van der Waals surface area contributed by atoms with Crippen molar-refractivity contribution >= 4 is 12.2 Å². The second kappa shape index (κ2) is 13.3. The molecule has 2 saturated heterocycles. The third-order valence-corrected chi connectivity index (χ3v) is 10.1. The van der Waals surface area contributed by atoms with Crippen LogP contribution in [0.1, 0.15) is 106 Å². The number of hydrogen-bond acceptors (Lipinski definition) is 6. The first-order valence-electron chi connectivity index (χ1n) is 17.8. The van der Waals surface area contributed by atoms with E-state index in [1.54, 1.807) is 0 Å². The largest absolute Gasteiger partial charge is 0.444 e. The van der Waals surface area contributed by atoms with Crippen LogP contribution < -0.4 is 0 Å². The van der Waals surface area contributed by atoms with Gasteiger partial charge in [0, 0.05) is 12.1 Å². The van der Waals surface area contributed by atoms with Crippen LogP contribution in [0.25, 0.3) is 33.6 Å². The van der Waals surface area contributed by atoms with Crippen LogP contribution in [0.15, 0.2) is 60.9 Å². The molecular weight excluding hydrogens is 628 g/mol. The van der Waals surface area contributed by atoms with Crippen molar-refractivity contribution in [2.75, 3.05) is 0 Å². The van der Waals surface area contributed by atoms with Crippen LogP contribution in [0.3, 0.4) is 0 Å². The first-order chi connectivity index (χ1) is 23.5. The second-order valence-electron chi connectivity index (χ2n) is 16.2. The normalized spacial score (nSPS) is 24.1. The highest BCUT2D eigenvalue weighted by Crippen LogP contribution is 2.41. The molecule has 2 aromatic heterocycles. The quantitative estimate of drug-likeness (QED) is 0.217. The van der Waals surface area contributed by atoms with Crippen molar-refractivity contribution in [3.63, 3.8) is 0 Å². The number of nitrogens with one attached hydrogen (secondary N) is 2. The van der Waals surface area contributed by atoms with E-state index in [0.717, 1.165) is 58.1 Å². The van der Waals surface area contributed by atoms with Gasteiger partial charge in [-0.25, -0.2) is 19.6 Å². The van der Waals surface area contributed by atoms with Crippen molar-refractivity contribution in [3.05, 3.63) is 72.6 Å². The fraction of sp³-hybridized carbons (Fsp3) is 0.500. The van der Waals surface area contributed by atoms with E-state index >= 15 is 0 Å². The van der Waals surface area contributed by atoms with Gasteiger partial charge in [0.25, 0.3) is 0 Å². The highest BCUT2D eigenvalue weighted by molar-refractivity contribution is 5.73. The predicted octanol–water partition coefficient (Wildman–Crippen LogP) is 9.55. The smallest absolute Gasteiger partial charge is 0.411 e. The average molecular weight is 681 g/mol. The SMILES string of the molecule is CC1C[C@@H](c2ncc(-c3ccc(-c4ccc(-c5cnc([C@@H]6C[C@@H](C)[C@@H](C)N6C(=O)OC(C)(C)C)[nH]5)cc4)cc3)[nH]2)N(C(=O)OC(C)(C)C)[C@@H]1C. The molecule has 50 heavy (non-hydrogen) atoms. The third kappa shape index (κ3) is 7.30. The van der Waals surface area contributed by atoms with Gasteiger partial charge < -0.3 is 19.4 Å². The topological polar surface area (TPSA) is 116 Å². The standard InChI is InChI=1S/C40H52N6O4/c1-23-19-33(45(25(23)3)37(47)49-39(5,6)7)35-41-21-31(43-35)29-15-11-27(12-16-29)28-13-17-30(18-14-28)32-22-42-36(44-32)34-20-24(2)26(4)46(34)38(48)50-40(8,9)10/h11-18,21-26,33-34H,19-20H2,1-10H3,(H,41,43)(H,42,44)/t23-,24?,25-,26-,33+,34+/m1/s1. The lowest BCUT2D eigenvalue weighted by Gasteiger charge is -2.31. The van der Waals surface area contributed by atoms with E-state index in [4.69, 9.17) is 19.4 Å². The van der Waals surface area contributed by atoms with Gasteiger partial charge >= 0.3 is 12.2 Å². The van der Waals surface area contributed by atoms with Gasteiger partial charge in [0.2, 0.25) is 0 Å². The molecule has 0 spiro atoms.